The van der Waals surface area contributed by atoms with Gasteiger partial charge in [-0.05, 0) is 25.0 Å². The quantitative estimate of drug-likeness (QED) is 0.690. The fraction of sp³-hybridized carbons (Fsp3) is 0.250. The molecule has 0 saturated heterocycles. The molecule has 1 aromatic heterocycles. The van der Waals surface area contributed by atoms with Gasteiger partial charge in [-0.25, -0.2) is 9.59 Å². The van der Waals surface area contributed by atoms with E-state index in [1.807, 2.05) is 6.92 Å². The molecule has 1 atom stereocenters. The Labute approximate surface area is 105 Å². The lowest BCUT2D eigenvalue weighted by Crippen LogP contribution is -2.42. The van der Waals surface area contributed by atoms with Crippen molar-refractivity contribution in [2.24, 2.45) is 0 Å². The molecule has 2 amide bonds. The third kappa shape index (κ3) is 3.89. The summed E-state index contributed by atoms with van der Waals surface area (Å²) < 4.78 is 0. The summed E-state index contributed by atoms with van der Waals surface area (Å²) in [7, 11) is 0. The van der Waals surface area contributed by atoms with Crippen LogP contribution in [0.15, 0.2) is 31.1 Å². The standard InChI is InChI=1S/C12H15N3O3/c1-3-4-9(11(16)17)14-12(18)15-10-7-13-6-5-8(10)2/h3,5-7,9H,1,4H2,2H3,(H,16,17)(H2,14,15,18). The van der Waals surface area contributed by atoms with E-state index < -0.39 is 18.0 Å². The monoisotopic (exact) mass is 249 g/mol. The summed E-state index contributed by atoms with van der Waals surface area (Å²) in [6.45, 7) is 5.26. The Hall–Kier alpha value is -2.37. The van der Waals surface area contributed by atoms with Crippen LogP contribution in [0.2, 0.25) is 0 Å². The topological polar surface area (TPSA) is 91.3 Å². The van der Waals surface area contributed by atoms with Crippen LogP contribution in [0.4, 0.5) is 10.5 Å². The van der Waals surface area contributed by atoms with Gasteiger partial charge in [0.2, 0.25) is 0 Å². The van der Waals surface area contributed by atoms with Crippen molar-refractivity contribution < 1.29 is 14.7 Å². The van der Waals surface area contributed by atoms with Crippen LogP contribution in [-0.4, -0.2) is 28.1 Å². The van der Waals surface area contributed by atoms with E-state index in [9.17, 15) is 9.59 Å². The maximum absolute atomic E-state index is 11.6. The number of carbonyl (C=O) groups excluding carboxylic acids is 1. The molecule has 96 valence electrons. The Bertz CT molecular complexity index is 460. The van der Waals surface area contributed by atoms with Gasteiger partial charge in [0, 0.05) is 6.20 Å². The smallest absolute Gasteiger partial charge is 0.326 e. The van der Waals surface area contributed by atoms with Crippen molar-refractivity contribution in [1.82, 2.24) is 10.3 Å². The molecule has 0 bridgehead atoms. The number of aliphatic carboxylic acids is 1. The van der Waals surface area contributed by atoms with Crippen LogP contribution in [0, 0.1) is 6.92 Å². The zero-order valence-corrected chi connectivity index (χ0v) is 10.0. The molecule has 0 saturated carbocycles. The van der Waals surface area contributed by atoms with Gasteiger partial charge < -0.3 is 15.7 Å². The van der Waals surface area contributed by atoms with Gasteiger partial charge in [0.1, 0.15) is 6.04 Å². The van der Waals surface area contributed by atoms with E-state index >= 15 is 0 Å². The number of aromatic nitrogens is 1. The first-order valence-electron chi connectivity index (χ1n) is 5.36. The molecular formula is C12H15N3O3. The lowest BCUT2D eigenvalue weighted by molar-refractivity contribution is -0.139. The molecule has 6 nitrogen and oxygen atoms in total. The number of nitrogens with zero attached hydrogens (tertiary/aromatic N) is 1. The average Bonchev–Trinajstić information content (AvgIpc) is 2.31. The molecule has 0 aliphatic heterocycles. The highest BCUT2D eigenvalue weighted by Crippen LogP contribution is 2.10. The minimum absolute atomic E-state index is 0.161. The number of hydrogen-bond donors (Lipinski definition) is 3. The van der Waals surface area contributed by atoms with Crippen LogP contribution in [0.3, 0.4) is 0 Å². The molecule has 1 rings (SSSR count). The molecule has 6 heteroatoms. The van der Waals surface area contributed by atoms with Crippen LogP contribution < -0.4 is 10.6 Å². The number of amides is 2. The number of urea groups is 1. The Morgan fingerprint density at radius 1 is 1.61 bits per heavy atom. The van der Waals surface area contributed by atoms with Crippen molar-refractivity contribution in [2.75, 3.05) is 5.32 Å². The SMILES string of the molecule is C=CCC(NC(=O)Nc1cnccc1C)C(=O)O. The van der Waals surface area contributed by atoms with Crippen molar-refractivity contribution in [3.05, 3.63) is 36.7 Å². The average molecular weight is 249 g/mol. The molecule has 0 fully saturated rings. The van der Waals surface area contributed by atoms with Gasteiger partial charge in [-0.1, -0.05) is 6.08 Å². The number of carboxylic acids is 1. The normalized spacial score (nSPS) is 11.4. The maximum Gasteiger partial charge on any atom is 0.326 e. The van der Waals surface area contributed by atoms with E-state index in [2.05, 4.69) is 22.2 Å². The summed E-state index contributed by atoms with van der Waals surface area (Å²) in [6.07, 6.45) is 4.71. The number of anilines is 1. The largest absolute Gasteiger partial charge is 0.480 e. The molecule has 18 heavy (non-hydrogen) atoms. The van der Waals surface area contributed by atoms with Crippen molar-refractivity contribution in [3.8, 4) is 0 Å². The van der Waals surface area contributed by atoms with E-state index in [1.54, 1.807) is 12.3 Å². The molecule has 0 aliphatic carbocycles. The van der Waals surface area contributed by atoms with Gasteiger partial charge in [-0.2, -0.15) is 0 Å². The minimum Gasteiger partial charge on any atom is -0.480 e. The van der Waals surface area contributed by atoms with E-state index in [1.165, 1.54) is 12.3 Å². The summed E-state index contributed by atoms with van der Waals surface area (Å²) in [5.74, 6) is -1.10. The fourth-order valence-corrected chi connectivity index (χ4v) is 1.30. The highest BCUT2D eigenvalue weighted by atomic mass is 16.4. The van der Waals surface area contributed by atoms with E-state index in [0.717, 1.165) is 5.56 Å². The first kappa shape index (κ1) is 13.7. The van der Waals surface area contributed by atoms with E-state index in [0.29, 0.717) is 5.69 Å². The number of aryl methyl sites for hydroxylation is 1. The molecule has 0 radical (unpaired) electrons. The van der Waals surface area contributed by atoms with Crippen LogP contribution in [-0.2, 0) is 4.79 Å². The molecule has 0 aromatic carbocycles. The maximum atomic E-state index is 11.6. The van der Waals surface area contributed by atoms with Gasteiger partial charge >= 0.3 is 12.0 Å². The van der Waals surface area contributed by atoms with Gasteiger partial charge in [0.15, 0.2) is 0 Å². The predicted octanol–water partition coefficient (Wildman–Crippen LogP) is 1.54. The first-order chi connectivity index (χ1) is 8.54. The Balaban J connectivity index is 2.63. The lowest BCUT2D eigenvalue weighted by atomic mass is 10.2. The van der Waals surface area contributed by atoms with Crippen LogP contribution >= 0.6 is 0 Å². The Morgan fingerprint density at radius 3 is 2.89 bits per heavy atom. The Kier molecular flexibility index (Phi) is 4.86. The third-order valence-electron chi connectivity index (χ3n) is 2.29. The number of pyridine rings is 1. The molecule has 0 aliphatic rings. The number of rotatable bonds is 5. The summed E-state index contributed by atoms with van der Waals surface area (Å²) in [6, 6.07) is 0.174. The zero-order valence-electron chi connectivity index (χ0n) is 10.0. The van der Waals surface area contributed by atoms with Crippen LogP contribution in [0.1, 0.15) is 12.0 Å². The summed E-state index contributed by atoms with van der Waals surface area (Å²) >= 11 is 0. The molecule has 3 N–H and O–H groups in total. The van der Waals surface area contributed by atoms with Crippen molar-refractivity contribution in [3.63, 3.8) is 0 Å². The fourth-order valence-electron chi connectivity index (χ4n) is 1.30. The molecular weight excluding hydrogens is 234 g/mol. The highest BCUT2D eigenvalue weighted by molar-refractivity contribution is 5.92. The van der Waals surface area contributed by atoms with Gasteiger partial charge in [-0.3, -0.25) is 4.98 Å². The molecule has 1 unspecified atom stereocenters. The van der Waals surface area contributed by atoms with Crippen molar-refractivity contribution >= 4 is 17.7 Å². The number of nitrogens with one attached hydrogen (secondary N) is 2. The van der Waals surface area contributed by atoms with Gasteiger partial charge in [-0.15, -0.1) is 6.58 Å². The van der Waals surface area contributed by atoms with Crippen LogP contribution in [0.5, 0.6) is 0 Å². The van der Waals surface area contributed by atoms with E-state index in [4.69, 9.17) is 5.11 Å². The van der Waals surface area contributed by atoms with E-state index in [-0.39, 0.29) is 6.42 Å². The second kappa shape index (κ2) is 6.39. The zero-order chi connectivity index (χ0) is 13.5. The number of hydrogen-bond acceptors (Lipinski definition) is 3. The molecule has 0 spiro atoms. The number of carboxylic acid groups (broad SMARTS) is 1. The van der Waals surface area contributed by atoms with Gasteiger partial charge in [0.05, 0.1) is 11.9 Å². The Morgan fingerprint density at radius 2 is 2.33 bits per heavy atom. The second-order valence-electron chi connectivity index (χ2n) is 3.70. The molecule has 1 aromatic rings. The lowest BCUT2D eigenvalue weighted by Gasteiger charge is -2.14. The first-order valence-corrected chi connectivity index (χ1v) is 5.36. The molecule has 1 heterocycles. The summed E-state index contributed by atoms with van der Waals surface area (Å²) in [5, 5.41) is 13.8. The van der Waals surface area contributed by atoms with Crippen molar-refractivity contribution in [1.29, 1.82) is 0 Å². The highest BCUT2D eigenvalue weighted by Gasteiger charge is 2.18. The van der Waals surface area contributed by atoms with Crippen LogP contribution in [0.25, 0.3) is 0 Å². The van der Waals surface area contributed by atoms with Gasteiger partial charge in [0.25, 0.3) is 0 Å². The summed E-state index contributed by atoms with van der Waals surface area (Å²) in [4.78, 5) is 26.3. The number of carbonyl (C=O) groups is 2. The second-order valence-corrected chi connectivity index (χ2v) is 3.70. The van der Waals surface area contributed by atoms with Crippen molar-refractivity contribution in [2.45, 2.75) is 19.4 Å². The third-order valence-corrected chi connectivity index (χ3v) is 2.29. The summed E-state index contributed by atoms with van der Waals surface area (Å²) in [5.41, 5.74) is 1.38. The predicted molar refractivity (Wildman–Crippen MR) is 67.4 cm³/mol. The minimum atomic E-state index is -1.10.